The van der Waals surface area contributed by atoms with E-state index < -0.39 is 0 Å². The maximum atomic E-state index is 5.56. The molecule has 144 valence electrons. The summed E-state index contributed by atoms with van der Waals surface area (Å²) in [7, 11) is 5.06. The number of methoxy groups -OCH3 is 2. The van der Waals surface area contributed by atoms with E-state index in [1.54, 1.807) is 21.3 Å². The molecule has 2 N–H and O–H groups in total. The largest absolute Gasteiger partial charge is 0.497 e. The summed E-state index contributed by atoms with van der Waals surface area (Å²) in [5, 5.41) is 6.57. The van der Waals surface area contributed by atoms with Crippen LogP contribution in [0.2, 0.25) is 0 Å². The van der Waals surface area contributed by atoms with Gasteiger partial charge in [0.05, 0.1) is 14.2 Å². The van der Waals surface area contributed by atoms with Gasteiger partial charge in [-0.1, -0.05) is 13.8 Å². The minimum absolute atomic E-state index is 0. The van der Waals surface area contributed by atoms with E-state index in [9.17, 15) is 0 Å². The van der Waals surface area contributed by atoms with Crippen molar-refractivity contribution in [1.82, 2.24) is 10.6 Å². The van der Waals surface area contributed by atoms with Crippen molar-refractivity contribution in [2.75, 3.05) is 41.0 Å². The monoisotopic (exact) mass is 465 g/mol. The second-order valence-corrected chi connectivity index (χ2v) is 5.85. The van der Waals surface area contributed by atoms with Gasteiger partial charge in [0, 0.05) is 45.0 Å². The number of hydrogen-bond acceptors (Lipinski definition) is 4. The van der Waals surface area contributed by atoms with Crippen molar-refractivity contribution < 1.29 is 14.2 Å². The van der Waals surface area contributed by atoms with Gasteiger partial charge in [0.2, 0.25) is 0 Å². The summed E-state index contributed by atoms with van der Waals surface area (Å²) in [5.74, 6) is 2.91. The fourth-order valence-corrected chi connectivity index (χ4v) is 2.10. The van der Waals surface area contributed by atoms with E-state index in [0.29, 0.717) is 12.5 Å². The van der Waals surface area contributed by atoms with Crippen LogP contribution in [0.5, 0.6) is 11.5 Å². The van der Waals surface area contributed by atoms with Crippen molar-refractivity contribution in [1.29, 1.82) is 0 Å². The van der Waals surface area contributed by atoms with Crippen LogP contribution in [0.4, 0.5) is 0 Å². The molecule has 1 aromatic carbocycles. The Balaban J connectivity index is 0.00000576. The predicted molar refractivity (Wildman–Crippen MR) is 113 cm³/mol. The molecule has 0 fully saturated rings. The van der Waals surface area contributed by atoms with Crippen LogP contribution in [-0.4, -0.2) is 47.0 Å². The molecule has 0 aromatic heterocycles. The fraction of sp³-hybridized carbons (Fsp3) is 0.611. The first-order valence-electron chi connectivity index (χ1n) is 8.33. The molecule has 1 rings (SSSR count). The van der Waals surface area contributed by atoms with Gasteiger partial charge in [-0.25, -0.2) is 0 Å². The molecule has 25 heavy (non-hydrogen) atoms. The Kier molecular flexibility index (Phi) is 13.3. The van der Waals surface area contributed by atoms with Gasteiger partial charge in [0.1, 0.15) is 11.5 Å². The Morgan fingerprint density at radius 2 is 1.92 bits per heavy atom. The molecule has 0 spiro atoms. The molecule has 7 heteroatoms. The lowest BCUT2D eigenvalue weighted by Gasteiger charge is -2.14. The fourth-order valence-electron chi connectivity index (χ4n) is 2.10. The molecule has 0 aliphatic rings. The third kappa shape index (κ3) is 9.74. The maximum absolute atomic E-state index is 5.56. The number of rotatable bonds is 10. The Morgan fingerprint density at radius 3 is 2.52 bits per heavy atom. The standard InChI is InChI=1S/C18H31N3O3.HI/c1-14(2)13-24-10-6-9-20-18(19-3)21-12-15-7-8-16(22-4)11-17(15)23-5;/h7-8,11,14H,6,9-10,12-13H2,1-5H3,(H2,19,20,21);1H. The van der Waals surface area contributed by atoms with Crippen LogP contribution in [0.15, 0.2) is 23.2 Å². The molecule has 0 aliphatic carbocycles. The molecule has 0 radical (unpaired) electrons. The van der Waals surface area contributed by atoms with Crippen LogP contribution in [-0.2, 0) is 11.3 Å². The number of nitrogens with zero attached hydrogens (tertiary/aromatic N) is 1. The Bertz CT molecular complexity index is 510. The average molecular weight is 465 g/mol. The molecule has 0 saturated carbocycles. The van der Waals surface area contributed by atoms with Crippen molar-refractivity contribution in [2.24, 2.45) is 10.9 Å². The van der Waals surface area contributed by atoms with Gasteiger partial charge in [-0.3, -0.25) is 4.99 Å². The molecule has 0 saturated heterocycles. The molecule has 0 bridgehead atoms. The second-order valence-electron chi connectivity index (χ2n) is 5.85. The Morgan fingerprint density at radius 1 is 1.16 bits per heavy atom. The third-order valence-electron chi connectivity index (χ3n) is 3.37. The molecule has 0 atom stereocenters. The first kappa shape index (κ1) is 23.8. The number of hydrogen-bond donors (Lipinski definition) is 2. The zero-order valence-corrected chi connectivity index (χ0v) is 18.3. The van der Waals surface area contributed by atoms with E-state index in [2.05, 4.69) is 29.5 Å². The summed E-state index contributed by atoms with van der Waals surface area (Å²) in [6, 6.07) is 5.78. The van der Waals surface area contributed by atoms with Gasteiger partial charge in [-0.15, -0.1) is 24.0 Å². The lowest BCUT2D eigenvalue weighted by atomic mass is 10.2. The van der Waals surface area contributed by atoms with Crippen molar-refractivity contribution in [3.8, 4) is 11.5 Å². The molecule has 0 amide bonds. The highest BCUT2D eigenvalue weighted by molar-refractivity contribution is 14.0. The van der Waals surface area contributed by atoms with E-state index in [-0.39, 0.29) is 24.0 Å². The van der Waals surface area contributed by atoms with Crippen LogP contribution >= 0.6 is 24.0 Å². The Hall–Kier alpha value is -1.22. The van der Waals surface area contributed by atoms with E-state index in [1.807, 2.05) is 18.2 Å². The zero-order valence-electron chi connectivity index (χ0n) is 15.9. The molecule has 6 nitrogen and oxygen atoms in total. The van der Waals surface area contributed by atoms with Crippen LogP contribution in [0.3, 0.4) is 0 Å². The lowest BCUT2D eigenvalue weighted by Crippen LogP contribution is -2.37. The van der Waals surface area contributed by atoms with Gasteiger partial charge in [-0.2, -0.15) is 0 Å². The molecular formula is C18H32IN3O3. The molecule has 0 heterocycles. The van der Waals surface area contributed by atoms with Gasteiger partial charge < -0.3 is 24.8 Å². The summed E-state index contributed by atoms with van der Waals surface area (Å²) in [6.45, 7) is 7.31. The number of halogens is 1. The maximum Gasteiger partial charge on any atom is 0.191 e. The number of ether oxygens (including phenoxy) is 3. The Labute approximate surface area is 168 Å². The van der Waals surface area contributed by atoms with E-state index in [1.165, 1.54) is 0 Å². The second kappa shape index (κ2) is 14.0. The van der Waals surface area contributed by atoms with Crippen LogP contribution < -0.4 is 20.1 Å². The molecular weight excluding hydrogens is 433 g/mol. The lowest BCUT2D eigenvalue weighted by molar-refractivity contribution is 0.108. The third-order valence-corrected chi connectivity index (χ3v) is 3.37. The van der Waals surface area contributed by atoms with Crippen molar-refractivity contribution in [3.63, 3.8) is 0 Å². The van der Waals surface area contributed by atoms with Gasteiger partial charge in [-0.05, 0) is 24.5 Å². The minimum atomic E-state index is 0. The molecule has 0 unspecified atom stereocenters. The van der Waals surface area contributed by atoms with Crippen molar-refractivity contribution in [2.45, 2.75) is 26.8 Å². The highest BCUT2D eigenvalue weighted by Gasteiger charge is 2.06. The summed E-state index contributed by atoms with van der Waals surface area (Å²) < 4.78 is 16.2. The van der Waals surface area contributed by atoms with Gasteiger partial charge in [0.15, 0.2) is 5.96 Å². The summed E-state index contributed by atoms with van der Waals surface area (Å²) >= 11 is 0. The van der Waals surface area contributed by atoms with E-state index in [0.717, 1.165) is 49.2 Å². The zero-order chi connectivity index (χ0) is 17.8. The molecule has 1 aromatic rings. The number of guanidine groups is 1. The highest BCUT2D eigenvalue weighted by Crippen LogP contribution is 2.24. The van der Waals surface area contributed by atoms with Crippen LogP contribution in [0, 0.1) is 5.92 Å². The van der Waals surface area contributed by atoms with E-state index in [4.69, 9.17) is 14.2 Å². The predicted octanol–water partition coefficient (Wildman–Crippen LogP) is 3.05. The SMILES string of the molecule is CN=C(NCCCOCC(C)C)NCc1ccc(OC)cc1OC.I. The van der Waals surface area contributed by atoms with Crippen molar-refractivity contribution >= 4 is 29.9 Å². The minimum Gasteiger partial charge on any atom is -0.497 e. The quantitative estimate of drug-likeness (QED) is 0.241. The molecule has 0 aliphatic heterocycles. The first-order chi connectivity index (χ1) is 11.6. The van der Waals surface area contributed by atoms with Crippen LogP contribution in [0.25, 0.3) is 0 Å². The van der Waals surface area contributed by atoms with Crippen LogP contribution in [0.1, 0.15) is 25.8 Å². The summed E-state index contributed by atoms with van der Waals surface area (Å²) in [6.07, 6.45) is 0.944. The summed E-state index contributed by atoms with van der Waals surface area (Å²) in [5.41, 5.74) is 1.04. The smallest absolute Gasteiger partial charge is 0.191 e. The highest BCUT2D eigenvalue weighted by atomic mass is 127. The first-order valence-corrected chi connectivity index (χ1v) is 8.33. The van der Waals surface area contributed by atoms with Crippen molar-refractivity contribution in [3.05, 3.63) is 23.8 Å². The number of benzene rings is 1. The topological polar surface area (TPSA) is 64.1 Å². The number of nitrogens with one attached hydrogen (secondary N) is 2. The summed E-state index contributed by atoms with van der Waals surface area (Å²) in [4.78, 5) is 4.23. The normalized spacial score (nSPS) is 11.0. The van der Waals surface area contributed by atoms with Gasteiger partial charge in [0.25, 0.3) is 0 Å². The average Bonchev–Trinajstić information content (AvgIpc) is 2.60. The van der Waals surface area contributed by atoms with Gasteiger partial charge >= 0.3 is 0 Å². The van der Waals surface area contributed by atoms with E-state index >= 15 is 0 Å². The number of aliphatic imine (C=N–C) groups is 1.